The lowest BCUT2D eigenvalue weighted by Gasteiger charge is -2.22. The van der Waals surface area contributed by atoms with E-state index in [2.05, 4.69) is 24.3 Å². The van der Waals surface area contributed by atoms with Gasteiger partial charge in [-0.25, -0.2) is 0 Å². The van der Waals surface area contributed by atoms with Gasteiger partial charge in [-0.05, 0) is 35.8 Å². The van der Waals surface area contributed by atoms with Crippen LogP contribution in [0.4, 0.5) is 0 Å². The first-order valence-corrected chi connectivity index (χ1v) is 5.48. The average Bonchev–Trinajstić information content (AvgIpc) is 2.86. The van der Waals surface area contributed by atoms with Crippen molar-refractivity contribution in [2.75, 3.05) is 7.11 Å². The van der Waals surface area contributed by atoms with Gasteiger partial charge < -0.3 is 4.74 Å². The van der Waals surface area contributed by atoms with Crippen LogP contribution < -0.4 is 0 Å². The van der Waals surface area contributed by atoms with Crippen LogP contribution in [0.15, 0.2) is 24.3 Å². The number of fused-ring (bicyclic) bond motifs is 5. The zero-order chi connectivity index (χ0) is 10.4. The molecule has 0 N–H and O–H groups in total. The lowest BCUT2D eigenvalue weighted by Crippen LogP contribution is -2.21. The van der Waals surface area contributed by atoms with Crippen LogP contribution in [0.25, 0.3) is 0 Å². The van der Waals surface area contributed by atoms with Crippen LogP contribution in [0.1, 0.15) is 35.8 Å². The monoisotopic (exact) mass is 202 g/mol. The zero-order valence-electron chi connectivity index (χ0n) is 8.77. The molecular weight excluding hydrogens is 188 g/mol. The maximum atomic E-state index is 11.6. The van der Waals surface area contributed by atoms with Crippen LogP contribution in [-0.4, -0.2) is 13.1 Å². The molecule has 1 saturated carbocycles. The number of ether oxygens (including phenoxy) is 1. The van der Waals surface area contributed by atoms with Gasteiger partial charge in [0, 0.05) is 0 Å². The molecule has 2 aliphatic rings. The molecule has 78 valence electrons. The van der Waals surface area contributed by atoms with Gasteiger partial charge in [-0.15, -0.1) is 0 Å². The molecule has 0 amide bonds. The molecule has 1 aromatic carbocycles. The fourth-order valence-electron chi connectivity index (χ4n) is 3.27. The predicted octanol–water partition coefficient (Wildman–Crippen LogP) is 2.45. The summed E-state index contributed by atoms with van der Waals surface area (Å²) in [6.45, 7) is 0. The molecule has 0 aromatic heterocycles. The van der Waals surface area contributed by atoms with Gasteiger partial charge in [-0.3, -0.25) is 4.79 Å². The Kier molecular flexibility index (Phi) is 1.84. The molecule has 3 atom stereocenters. The van der Waals surface area contributed by atoms with Crippen LogP contribution in [0.5, 0.6) is 0 Å². The van der Waals surface area contributed by atoms with Gasteiger partial charge in [-0.2, -0.15) is 0 Å². The molecule has 2 nitrogen and oxygen atoms in total. The fourth-order valence-corrected chi connectivity index (χ4v) is 3.27. The van der Waals surface area contributed by atoms with Gasteiger partial charge in [0.05, 0.1) is 13.0 Å². The Balaban J connectivity index is 1.98. The first kappa shape index (κ1) is 8.96. The molecule has 2 heteroatoms. The summed E-state index contributed by atoms with van der Waals surface area (Å²) in [6.07, 6.45) is 2.12. The Morgan fingerprint density at radius 3 is 2.73 bits per heavy atom. The highest BCUT2D eigenvalue weighted by atomic mass is 16.5. The largest absolute Gasteiger partial charge is 0.469 e. The number of methoxy groups -OCH3 is 1. The SMILES string of the molecule is COC(=O)[C@@H]1C[C@@H]2C[C@H]1c1ccccc12. The van der Waals surface area contributed by atoms with E-state index in [1.165, 1.54) is 18.2 Å². The van der Waals surface area contributed by atoms with Gasteiger partial charge in [0.15, 0.2) is 0 Å². The minimum absolute atomic E-state index is 0.0306. The van der Waals surface area contributed by atoms with Gasteiger partial charge in [0.1, 0.15) is 0 Å². The summed E-state index contributed by atoms with van der Waals surface area (Å²) in [5.74, 6) is 1.08. The quantitative estimate of drug-likeness (QED) is 0.654. The lowest BCUT2D eigenvalue weighted by molar-refractivity contribution is -0.145. The third-order valence-corrected chi connectivity index (χ3v) is 3.90. The molecular formula is C13H14O2. The molecule has 0 saturated heterocycles. The highest BCUT2D eigenvalue weighted by Crippen LogP contribution is 2.56. The molecule has 3 rings (SSSR count). The maximum Gasteiger partial charge on any atom is 0.309 e. The van der Waals surface area contributed by atoms with Crippen molar-refractivity contribution >= 4 is 5.97 Å². The number of carbonyl (C=O) groups is 1. The summed E-state index contributed by atoms with van der Waals surface area (Å²) in [4.78, 5) is 11.6. The normalized spacial score (nSPS) is 31.4. The molecule has 1 fully saturated rings. The molecule has 0 unspecified atom stereocenters. The van der Waals surface area contributed by atoms with Gasteiger partial charge in [0.2, 0.25) is 0 Å². The molecule has 1 aromatic rings. The van der Waals surface area contributed by atoms with Crippen molar-refractivity contribution in [2.24, 2.45) is 5.92 Å². The topological polar surface area (TPSA) is 26.3 Å². The maximum absolute atomic E-state index is 11.6. The van der Waals surface area contributed by atoms with Crippen LogP contribution in [0.3, 0.4) is 0 Å². The van der Waals surface area contributed by atoms with Crippen LogP contribution in [0.2, 0.25) is 0 Å². The van der Waals surface area contributed by atoms with Crippen molar-refractivity contribution in [3.63, 3.8) is 0 Å². The first-order valence-electron chi connectivity index (χ1n) is 5.48. The van der Waals surface area contributed by atoms with E-state index in [9.17, 15) is 4.79 Å². The molecule has 2 aliphatic carbocycles. The zero-order valence-corrected chi connectivity index (χ0v) is 8.77. The lowest BCUT2D eigenvalue weighted by atomic mass is 9.84. The fraction of sp³-hybridized carbons (Fsp3) is 0.462. The second-order valence-corrected chi connectivity index (χ2v) is 4.53. The third kappa shape index (κ3) is 1.14. The van der Waals surface area contributed by atoms with Gasteiger partial charge in [0.25, 0.3) is 0 Å². The third-order valence-electron chi connectivity index (χ3n) is 3.90. The molecule has 2 bridgehead atoms. The number of hydrogen-bond donors (Lipinski definition) is 0. The molecule has 15 heavy (non-hydrogen) atoms. The summed E-state index contributed by atoms with van der Waals surface area (Å²) < 4.78 is 4.86. The Morgan fingerprint density at radius 2 is 2.00 bits per heavy atom. The summed E-state index contributed by atoms with van der Waals surface area (Å²) in [6, 6.07) is 8.52. The van der Waals surface area contributed by atoms with E-state index in [4.69, 9.17) is 4.74 Å². The van der Waals surface area contributed by atoms with Crippen molar-refractivity contribution in [3.05, 3.63) is 35.4 Å². The van der Waals surface area contributed by atoms with Gasteiger partial charge >= 0.3 is 5.97 Å². The van der Waals surface area contributed by atoms with Crippen LogP contribution in [0, 0.1) is 5.92 Å². The smallest absolute Gasteiger partial charge is 0.309 e. The van der Waals surface area contributed by atoms with Gasteiger partial charge in [-0.1, -0.05) is 24.3 Å². The van der Waals surface area contributed by atoms with Crippen molar-refractivity contribution < 1.29 is 9.53 Å². The second-order valence-electron chi connectivity index (χ2n) is 4.53. The molecule has 0 heterocycles. The van der Waals surface area contributed by atoms with E-state index in [1.807, 2.05) is 0 Å². The summed E-state index contributed by atoms with van der Waals surface area (Å²) in [5.41, 5.74) is 2.84. The highest BCUT2D eigenvalue weighted by molar-refractivity contribution is 5.75. The van der Waals surface area contributed by atoms with E-state index in [-0.39, 0.29) is 11.9 Å². The molecule has 0 radical (unpaired) electrons. The summed E-state index contributed by atoms with van der Waals surface area (Å²) >= 11 is 0. The number of hydrogen-bond acceptors (Lipinski definition) is 2. The average molecular weight is 202 g/mol. The molecule has 0 aliphatic heterocycles. The standard InChI is InChI=1S/C13H14O2/c1-15-13(14)12-7-8-6-11(12)10-5-3-2-4-9(8)10/h2-5,8,11-12H,6-7H2,1H3/t8-,11-,12+/m0/s1. The Bertz CT molecular complexity index is 411. The second kappa shape index (κ2) is 3.09. The summed E-state index contributed by atoms with van der Waals surface area (Å²) in [5, 5.41) is 0. The minimum atomic E-state index is -0.0306. The number of rotatable bonds is 1. The Morgan fingerprint density at radius 1 is 1.27 bits per heavy atom. The van der Waals surface area contributed by atoms with E-state index in [1.54, 1.807) is 0 Å². The number of carbonyl (C=O) groups excluding carboxylic acids is 1. The van der Waals surface area contributed by atoms with Crippen LogP contribution in [-0.2, 0) is 9.53 Å². The predicted molar refractivity (Wildman–Crippen MR) is 56.7 cm³/mol. The number of esters is 1. The van der Waals surface area contributed by atoms with E-state index >= 15 is 0 Å². The Hall–Kier alpha value is -1.31. The van der Waals surface area contributed by atoms with Crippen molar-refractivity contribution in [2.45, 2.75) is 24.7 Å². The Labute approximate surface area is 89.2 Å². The number of benzene rings is 1. The van der Waals surface area contributed by atoms with E-state index < -0.39 is 0 Å². The van der Waals surface area contributed by atoms with Crippen molar-refractivity contribution in [3.8, 4) is 0 Å². The highest BCUT2D eigenvalue weighted by Gasteiger charge is 2.47. The summed E-state index contributed by atoms with van der Waals surface area (Å²) in [7, 11) is 1.49. The van der Waals surface area contributed by atoms with Crippen LogP contribution >= 0.6 is 0 Å². The van der Waals surface area contributed by atoms with E-state index in [0.29, 0.717) is 11.8 Å². The van der Waals surface area contributed by atoms with Crippen molar-refractivity contribution in [1.29, 1.82) is 0 Å². The van der Waals surface area contributed by atoms with E-state index in [0.717, 1.165) is 12.8 Å². The first-order chi connectivity index (χ1) is 7.31. The minimum Gasteiger partial charge on any atom is -0.469 e. The van der Waals surface area contributed by atoms with Crippen molar-refractivity contribution in [1.82, 2.24) is 0 Å². The molecule has 0 spiro atoms.